The molecule has 1 aromatic rings. The molecule has 2 rings (SSSR count). The molecule has 18 heavy (non-hydrogen) atoms. The van der Waals surface area contributed by atoms with E-state index in [4.69, 9.17) is 0 Å². The second-order valence-corrected chi connectivity index (χ2v) is 6.41. The second-order valence-electron chi connectivity index (χ2n) is 4.64. The number of rotatable bonds is 4. The third kappa shape index (κ3) is 3.28. The molecule has 1 aliphatic carbocycles. The molecule has 4 nitrogen and oxygen atoms in total. The van der Waals surface area contributed by atoms with Crippen LogP contribution in [0.15, 0.2) is 29.2 Å². The number of halogens is 1. The first-order valence-corrected chi connectivity index (χ1v) is 7.39. The highest BCUT2D eigenvalue weighted by atomic mass is 32.2. The van der Waals surface area contributed by atoms with Gasteiger partial charge in [-0.15, -0.1) is 0 Å². The summed E-state index contributed by atoms with van der Waals surface area (Å²) in [7, 11) is -3.66. The first-order valence-electron chi connectivity index (χ1n) is 5.90. The summed E-state index contributed by atoms with van der Waals surface area (Å²) in [5, 5.41) is 9.36. The Morgan fingerprint density at radius 1 is 1.39 bits per heavy atom. The summed E-state index contributed by atoms with van der Waals surface area (Å²) in [5.74, 6) is -0.419. The minimum Gasteiger partial charge on any atom is -0.393 e. The number of sulfonamides is 1. The second kappa shape index (κ2) is 5.34. The smallest absolute Gasteiger partial charge is 0.240 e. The van der Waals surface area contributed by atoms with Crippen molar-refractivity contribution in [2.45, 2.75) is 30.3 Å². The van der Waals surface area contributed by atoms with E-state index in [0.717, 1.165) is 12.5 Å². The number of hydrogen-bond acceptors (Lipinski definition) is 3. The SMILES string of the molecule is O=S(=O)(NCC1CCC(O)C1)c1cccc(F)c1. The summed E-state index contributed by atoms with van der Waals surface area (Å²) in [5.41, 5.74) is 0. The zero-order valence-corrected chi connectivity index (χ0v) is 10.7. The van der Waals surface area contributed by atoms with E-state index >= 15 is 0 Å². The van der Waals surface area contributed by atoms with Gasteiger partial charge in [0.2, 0.25) is 10.0 Å². The van der Waals surface area contributed by atoms with E-state index in [-0.39, 0.29) is 23.5 Å². The van der Waals surface area contributed by atoms with Crippen LogP contribution < -0.4 is 4.72 Å². The van der Waals surface area contributed by atoms with E-state index in [2.05, 4.69) is 4.72 Å². The minimum absolute atomic E-state index is 0.0685. The fourth-order valence-corrected chi connectivity index (χ4v) is 3.33. The van der Waals surface area contributed by atoms with E-state index in [1.165, 1.54) is 18.2 Å². The van der Waals surface area contributed by atoms with E-state index < -0.39 is 15.8 Å². The maximum Gasteiger partial charge on any atom is 0.240 e. The molecule has 0 amide bonds. The first-order chi connectivity index (χ1) is 8.47. The molecule has 100 valence electrons. The van der Waals surface area contributed by atoms with Crippen molar-refractivity contribution >= 4 is 10.0 Å². The lowest BCUT2D eigenvalue weighted by atomic mass is 10.1. The van der Waals surface area contributed by atoms with Crippen LogP contribution >= 0.6 is 0 Å². The molecular weight excluding hydrogens is 257 g/mol. The predicted molar refractivity (Wildman–Crippen MR) is 64.9 cm³/mol. The van der Waals surface area contributed by atoms with Crippen LogP contribution in [-0.4, -0.2) is 26.2 Å². The molecule has 0 saturated heterocycles. The minimum atomic E-state index is -3.66. The number of nitrogens with one attached hydrogen (secondary N) is 1. The molecule has 1 aliphatic rings. The molecule has 1 fully saturated rings. The van der Waals surface area contributed by atoms with Crippen molar-refractivity contribution in [3.63, 3.8) is 0 Å². The fraction of sp³-hybridized carbons (Fsp3) is 0.500. The van der Waals surface area contributed by atoms with Crippen molar-refractivity contribution in [3.05, 3.63) is 30.1 Å². The average Bonchev–Trinajstić information content (AvgIpc) is 2.73. The van der Waals surface area contributed by atoms with Crippen LogP contribution in [0.2, 0.25) is 0 Å². The van der Waals surface area contributed by atoms with Crippen molar-refractivity contribution < 1.29 is 17.9 Å². The standard InChI is InChI=1S/C12H16FNO3S/c13-10-2-1-3-12(7-10)18(16,17)14-8-9-4-5-11(15)6-9/h1-3,7,9,11,14-15H,4-6,8H2. The lowest BCUT2D eigenvalue weighted by molar-refractivity contribution is 0.178. The summed E-state index contributed by atoms with van der Waals surface area (Å²) in [6.45, 7) is 0.288. The van der Waals surface area contributed by atoms with Crippen LogP contribution in [0.4, 0.5) is 4.39 Å². The zero-order chi connectivity index (χ0) is 13.2. The van der Waals surface area contributed by atoms with Gasteiger partial charge >= 0.3 is 0 Å². The Hall–Kier alpha value is -0.980. The van der Waals surface area contributed by atoms with E-state index in [1.807, 2.05) is 0 Å². The highest BCUT2D eigenvalue weighted by Crippen LogP contribution is 2.25. The molecule has 0 radical (unpaired) electrons. The van der Waals surface area contributed by atoms with Gasteiger partial charge in [-0.3, -0.25) is 0 Å². The highest BCUT2D eigenvalue weighted by Gasteiger charge is 2.24. The van der Waals surface area contributed by atoms with Crippen LogP contribution in [0.1, 0.15) is 19.3 Å². The summed E-state index contributed by atoms with van der Waals surface area (Å²) in [6, 6.07) is 4.91. The normalized spacial score (nSPS) is 24.3. The average molecular weight is 273 g/mol. The number of aliphatic hydroxyl groups excluding tert-OH is 1. The molecule has 0 bridgehead atoms. The van der Waals surface area contributed by atoms with Crippen LogP contribution in [0.25, 0.3) is 0 Å². The van der Waals surface area contributed by atoms with Gasteiger partial charge in [-0.25, -0.2) is 17.5 Å². The largest absolute Gasteiger partial charge is 0.393 e. The highest BCUT2D eigenvalue weighted by molar-refractivity contribution is 7.89. The summed E-state index contributed by atoms with van der Waals surface area (Å²) in [4.78, 5) is -0.0685. The van der Waals surface area contributed by atoms with Gasteiger partial charge in [0.15, 0.2) is 0 Å². The molecular formula is C12H16FNO3S. The maximum atomic E-state index is 13.0. The topological polar surface area (TPSA) is 66.4 Å². The van der Waals surface area contributed by atoms with E-state index in [1.54, 1.807) is 0 Å². The van der Waals surface area contributed by atoms with Crippen LogP contribution in [0.5, 0.6) is 0 Å². The number of benzene rings is 1. The van der Waals surface area contributed by atoms with Gasteiger partial charge in [-0.2, -0.15) is 0 Å². The van der Waals surface area contributed by atoms with Crippen molar-refractivity contribution in [1.82, 2.24) is 4.72 Å². The Kier molecular flexibility index (Phi) is 3.99. The molecule has 6 heteroatoms. The Morgan fingerprint density at radius 3 is 2.78 bits per heavy atom. The molecule has 1 saturated carbocycles. The van der Waals surface area contributed by atoms with Gasteiger partial charge in [0, 0.05) is 6.54 Å². The van der Waals surface area contributed by atoms with Crippen LogP contribution in [-0.2, 0) is 10.0 Å². The number of aliphatic hydroxyl groups is 1. The maximum absolute atomic E-state index is 13.0. The zero-order valence-electron chi connectivity index (χ0n) is 9.84. The van der Waals surface area contributed by atoms with Gasteiger partial charge in [-0.05, 0) is 43.4 Å². The fourth-order valence-electron chi connectivity index (χ4n) is 2.18. The molecule has 0 spiro atoms. The van der Waals surface area contributed by atoms with E-state index in [9.17, 15) is 17.9 Å². The predicted octanol–water partition coefficient (Wildman–Crippen LogP) is 1.26. The van der Waals surface area contributed by atoms with Gasteiger partial charge in [-0.1, -0.05) is 6.07 Å². The van der Waals surface area contributed by atoms with Crippen molar-refractivity contribution in [2.24, 2.45) is 5.92 Å². The Balaban J connectivity index is 1.99. The Morgan fingerprint density at radius 2 is 2.17 bits per heavy atom. The van der Waals surface area contributed by atoms with Gasteiger partial charge in [0.1, 0.15) is 5.82 Å². The molecule has 0 heterocycles. The molecule has 2 N–H and O–H groups in total. The van der Waals surface area contributed by atoms with Gasteiger partial charge < -0.3 is 5.11 Å². The molecule has 2 atom stereocenters. The molecule has 0 aromatic heterocycles. The van der Waals surface area contributed by atoms with Crippen molar-refractivity contribution in [3.8, 4) is 0 Å². The van der Waals surface area contributed by atoms with Crippen LogP contribution in [0, 0.1) is 11.7 Å². The van der Waals surface area contributed by atoms with Gasteiger partial charge in [0.25, 0.3) is 0 Å². The first kappa shape index (κ1) is 13.5. The lowest BCUT2D eigenvalue weighted by Crippen LogP contribution is -2.28. The third-order valence-electron chi connectivity index (χ3n) is 3.18. The van der Waals surface area contributed by atoms with E-state index in [0.29, 0.717) is 12.8 Å². The van der Waals surface area contributed by atoms with Crippen molar-refractivity contribution in [2.75, 3.05) is 6.54 Å². The monoisotopic (exact) mass is 273 g/mol. The third-order valence-corrected chi connectivity index (χ3v) is 4.60. The quantitative estimate of drug-likeness (QED) is 0.868. The molecule has 2 unspecified atom stereocenters. The Labute approximate surface area is 106 Å². The summed E-state index contributed by atoms with van der Waals surface area (Å²) >= 11 is 0. The summed E-state index contributed by atoms with van der Waals surface area (Å²) < 4.78 is 39.2. The Bertz CT molecular complexity index is 518. The number of hydrogen-bond donors (Lipinski definition) is 2. The summed E-state index contributed by atoms with van der Waals surface area (Å²) in [6.07, 6.45) is 1.82. The van der Waals surface area contributed by atoms with Gasteiger partial charge in [0.05, 0.1) is 11.0 Å². The van der Waals surface area contributed by atoms with Crippen LogP contribution in [0.3, 0.4) is 0 Å². The molecule has 0 aliphatic heterocycles. The van der Waals surface area contributed by atoms with Crippen molar-refractivity contribution in [1.29, 1.82) is 0 Å². The lowest BCUT2D eigenvalue weighted by Gasteiger charge is -2.11. The molecule has 1 aromatic carbocycles.